The molecule has 0 saturated heterocycles. The summed E-state index contributed by atoms with van der Waals surface area (Å²) in [5, 5.41) is 18.7. The van der Waals surface area contributed by atoms with Gasteiger partial charge in [-0.15, -0.1) is 0 Å². The Morgan fingerprint density at radius 2 is 1.78 bits per heavy atom. The zero-order valence-corrected chi connectivity index (χ0v) is 10.00. The Hall–Kier alpha value is -2.29. The van der Waals surface area contributed by atoms with E-state index in [1.54, 1.807) is 0 Å². The van der Waals surface area contributed by atoms with Gasteiger partial charge in [-0.25, -0.2) is 4.79 Å². The van der Waals surface area contributed by atoms with Gasteiger partial charge in [0.25, 0.3) is 0 Å². The second kappa shape index (κ2) is 4.92. The average Bonchev–Trinajstić information content (AvgIpc) is 2.38. The Bertz CT molecular complexity index is 561. The fraction of sp³-hybridized carbons (Fsp3) is 0.133. The van der Waals surface area contributed by atoms with E-state index in [1.165, 1.54) is 18.2 Å². The predicted octanol–water partition coefficient (Wildman–Crippen LogP) is 3.24. The van der Waals surface area contributed by atoms with Crippen molar-refractivity contribution in [2.75, 3.05) is 0 Å². The highest BCUT2D eigenvalue weighted by atomic mass is 16.4. The summed E-state index contributed by atoms with van der Waals surface area (Å²) in [4.78, 5) is 11.2. The number of carboxylic acids is 1. The van der Waals surface area contributed by atoms with Crippen LogP contribution in [0, 0.1) is 0 Å². The highest BCUT2D eigenvalue weighted by Gasteiger charge is 2.17. The molecule has 2 rings (SSSR count). The first-order valence-electron chi connectivity index (χ1n) is 5.70. The molecular weight excluding hydrogens is 228 g/mol. The highest BCUT2D eigenvalue weighted by Crippen LogP contribution is 2.29. The van der Waals surface area contributed by atoms with Crippen LogP contribution in [0.4, 0.5) is 0 Å². The van der Waals surface area contributed by atoms with Crippen LogP contribution in [0.25, 0.3) is 0 Å². The molecule has 0 fully saturated rings. The Morgan fingerprint density at radius 1 is 1.11 bits per heavy atom. The fourth-order valence-corrected chi connectivity index (χ4v) is 2.02. The molecule has 3 heteroatoms. The molecule has 1 atom stereocenters. The maximum Gasteiger partial charge on any atom is 0.335 e. The smallest absolute Gasteiger partial charge is 0.335 e. The standard InChI is InChI=1S/C15H14O3/c1-10(11-5-3-2-4-6-11)14-9-12(16)7-8-13(14)15(17)18/h2-10,16H,1H3,(H,17,18). The fourth-order valence-electron chi connectivity index (χ4n) is 2.02. The van der Waals surface area contributed by atoms with Crippen molar-refractivity contribution in [3.05, 3.63) is 65.2 Å². The van der Waals surface area contributed by atoms with Crippen molar-refractivity contribution in [1.82, 2.24) is 0 Å². The van der Waals surface area contributed by atoms with Gasteiger partial charge in [0, 0.05) is 5.92 Å². The van der Waals surface area contributed by atoms with E-state index in [-0.39, 0.29) is 17.2 Å². The number of rotatable bonds is 3. The van der Waals surface area contributed by atoms with Crippen molar-refractivity contribution in [1.29, 1.82) is 0 Å². The summed E-state index contributed by atoms with van der Waals surface area (Å²) in [7, 11) is 0. The van der Waals surface area contributed by atoms with Gasteiger partial charge in [-0.05, 0) is 29.3 Å². The summed E-state index contributed by atoms with van der Waals surface area (Å²) in [6, 6.07) is 14.0. The first-order chi connectivity index (χ1) is 8.59. The number of phenols is 1. The SMILES string of the molecule is CC(c1ccccc1)c1cc(O)ccc1C(=O)O. The van der Waals surface area contributed by atoms with E-state index in [4.69, 9.17) is 0 Å². The van der Waals surface area contributed by atoms with E-state index in [9.17, 15) is 15.0 Å². The second-order valence-corrected chi connectivity index (χ2v) is 4.21. The molecule has 0 amide bonds. The third-order valence-corrected chi connectivity index (χ3v) is 3.03. The largest absolute Gasteiger partial charge is 0.508 e. The molecule has 0 heterocycles. The molecule has 0 bridgehead atoms. The van der Waals surface area contributed by atoms with Gasteiger partial charge < -0.3 is 10.2 Å². The number of aromatic carboxylic acids is 1. The lowest BCUT2D eigenvalue weighted by molar-refractivity contribution is 0.0695. The molecule has 2 aromatic carbocycles. The number of phenolic OH excluding ortho intramolecular Hbond substituents is 1. The molecule has 0 aromatic heterocycles. The van der Waals surface area contributed by atoms with Gasteiger partial charge in [0.1, 0.15) is 5.75 Å². The van der Waals surface area contributed by atoms with Gasteiger partial charge in [0.15, 0.2) is 0 Å². The first-order valence-corrected chi connectivity index (χ1v) is 5.70. The van der Waals surface area contributed by atoms with Gasteiger partial charge in [0.2, 0.25) is 0 Å². The normalized spacial score (nSPS) is 12.1. The molecule has 2 aromatic rings. The Kier molecular flexibility index (Phi) is 3.33. The molecule has 2 N–H and O–H groups in total. The van der Waals surface area contributed by atoms with Gasteiger partial charge in [0.05, 0.1) is 5.56 Å². The summed E-state index contributed by atoms with van der Waals surface area (Å²) >= 11 is 0. The number of carbonyl (C=O) groups is 1. The Morgan fingerprint density at radius 3 is 2.39 bits per heavy atom. The minimum absolute atomic E-state index is 0.0793. The lowest BCUT2D eigenvalue weighted by Crippen LogP contribution is -2.06. The number of aromatic hydroxyl groups is 1. The molecule has 1 unspecified atom stereocenters. The van der Waals surface area contributed by atoms with Crippen LogP contribution in [0.3, 0.4) is 0 Å². The molecular formula is C15H14O3. The Balaban J connectivity index is 2.50. The first kappa shape index (κ1) is 12.2. The van der Waals surface area contributed by atoms with Crippen LogP contribution in [0.1, 0.15) is 34.3 Å². The number of hydrogen-bond donors (Lipinski definition) is 2. The van der Waals surface area contributed by atoms with Crippen molar-refractivity contribution < 1.29 is 15.0 Å². The average molecular weight is 242 g/mol. The molecule has 0 saturated carbocycles. The van der Waals surface area contributed by atoms with Crippen molar-refractivity contribution in [2.45, 2.75) is 12.8 Å². The van der Waals surface area contributed by atoms with Crippen molar-refractivity contribution in [3.8, 4) is 5.75 Å². The highest BCUT2D eigenvalue weighted by molar-refractivity contribution is 5.90. The number of carboxylic acid groups (broad SMARTS) is 1. The van der Waals surface area contributed by atoms with Crippen LogP contribution >= 0.6 is 0 Å². The molecule has 0 aliphatic rings. The molecule has 0 radical (unpaired) electrons. The lowest BCUT2D eigenvalue weighted by Gasteiger charge is -2.15. The quantitative estimate of drug-likeness (QED) is 0.868. The van der Waals surface area contributed by atoms with Crippen molar-refractivity contribution in [2.24, 2.45) is 0 Å². The molecule has 18 heavy (non-hydrogen) atoms. The van der Waals surface area contributed by atoms with Crippen molar-refractivity contribution >= 4 is 5.97 Å². The molecule has 0 aliphatic carbocycles. The summed E-state index contributed by atoms with van der Waals surface area (Å²) in [6.07, 6.45) is 0. The summed E-state index contributed by atoms with van der Waals surface area (Å²) in [5.41, 5.74) is 1.86. The van der Waals surface area contributed by atoms with Crippen LogP contribution in [0.5, 0.6) is 5.75 Å². The molecule has 0 aliphatic heterocycles. The van der Waals surface area contributed by atoms with Crippen LogP contribution in [0.15, 0.2) is 48.5 Å². The summed E-state index contributed by atoms with van der Waals surface area (Å²) < 4.78 is 0. The molecule has 3 nitrogen and oxygen atoms in total. The van der Waals surface area contributed by atoms with E-state index in [1.807, 2.05) is 37.3 Å². The topological polar surface area (TPSA) is 57.5 Å². The van der Waals surface area contributed by atoms with Crippen LogP contribution in [-0.2, 0) is 0 Å². The van der Waals surface area contributed by atoms with Gasteiger partial charge in [-0.1, -0.05) is 37.3 Å². The molecule has 0 spiro atoms. The predicted molar refractivity (Wildman–Crippen MR) is 69.0 cm³/mol. The minimum atomic E-state index is -0.979. The summed E-state index contributed by atoms with van der Waals surface area (Å²) in [6.45, 7) is 1.93. The van der Waals surface area contributed by atoms with E-state index in [2.05, 4.69) is 0 Å². The zero-order chi connectivity index (χ0) is 13.1. The maximum absolute atomic E-state index is 11.2. The Labute approximate surface area is 105 Å². The van der Waals surface area contributed by atoms with E-state index in [0.29, 0.717) is 5.56 Å². The van der Waals surface area contributed by atoms with Gasteiger partial charge in [-0.2, -0.15) is 0 Å². The monoisotopic (exact) mass is 242 g/mol. The third kappa shape index (κ3) is 2.35. The zero-order valence-electron chi connectivity index (χ0n) is 10.00. The van der Waals surface area contributed by atoms with Crippen LogP contribution in [0.2, 0.25) is 0 Å². The van der Waals surface area contributed by atoms with Crippen molar-refractivity contribution in [3.63, 3.8) is 0 Å². The number of benzene rings is 2. The molecule has 92 valence electrons. The second-order valence-electron chi connectivity index (χ2n) is 4.21. The van der Waals surface area contributed by atoms with Crippen LogP contribution in [-0.4, -0.2) is 16.2 Å². The third-order valence-electron chi connectivity index (χ3n) is 3.03. The van der Waals surface area contributed by atoms with Gasteiger partial charge in [-0.3, -0.25) is 0 Å². The van der Waals surface area contributed by atoms with E-state index < -0.39 is 5.97 Å². The van der Waals surface area contributed by atoms with E-state index >= 15 is 0 Å². The lowest BCUT2D eigenvalue weighted by atomic mass is 9.89. The number of hydrogen-bond acceptors (Lipinski definition) is 2. The maximum atomic E-state index is 11.2. The van der Waals surface area contributed by atoms with E-state index in [0.717, 1.165) is 5.56 Å². The van der Waals surface area contributed by atoms with Gasteiger partial charge >= 0.3 is 5.97 Å². The minimum Gasteiger partial charge on any atom is -0.508 e. The van der Waals surface area contributed by atoms with Crippen LogP contribution < -0.4 is 0 Å². The summed E-state index contributed by atoms with van der Waals surface area (Å²) in [5.74, 6) is -0.977.